The van der Waals surface area contributed by atoms with Crippen LogP contribution < -0.4 is 0 Å². The molecule has 0 aliphatic heterocycles. The average molecular weight is 269 g/mol. The zero-order chi connectivity index (χ0) is 12.7. The smallest absolute Gasteiger partial charge is 0.166 e. The molecule has 0 radical (unpaired) electrons. The van der Waals surface area contributed by atoms with Crippen LogP contribution in [0.15, 0.2) is 11.6 Å². The van der Waals surface area contributed by atoms with Gasteiger partial charge in [0.2, 0.25) is 0 Å². The highest BCUT2D eigenvalue weighted by Gasteiger charge is 2.86. The van der Waals surface area contributed by atoms with Gasteiger partial charge < -0.3 is 0 Å². The molecule has 0 saturated heterocycles. The van der Waals surface area contributed by atoms with Gasteiger partial charge in [-0.05, 0) is 8.39 Å². The predicted octanol–water partition coefficient (Wildman–Crippen LogP) is 4.96. The molecule has 0 unspecified atom stereocenters. The zero-order valence-electron chi connectivity index (χ0n) is 6.23. The molecule has 0 aliphatic rings. The molecule has 0 aromatic rings. The molecule has 0 heterocycles. The van der Waals surface area contributed by atoms with Crippen LogP contribution in [0.2, 0.25) is 0 Å². The van der Waals surface area contributed by atoms with Gasteiger partial charge in [0.05, 0.1) is 0 Å². The maximum absolute atomic E-state index is 12.1. The van der Waals surface area contributed by atoms with E-state index in [0.29, 0.717) is 0 Å². The first-order valence-corrected chi connectivity index (χ1v) is 4.37. The number of alkyl halides is 5. The van der Waals surface area contributed by atoms with Crippen molar-refractivity contribution in [2.45, 2.75) is 11.8 Å². The highest BCUT2D eigenvalue weighted by molar-refractivity contribution is 7.70. The third kappa shape index (κ3) is 2.35. The van der Waals surface area contributed by atoms with Gasteiger partial charge in [-0.1, -0.05) is 0 Å². The molecule has 0 nitrogen and oxygen atoms in total. The van der Waals surface area contributed by atoms with E-state index in [1.54, 1.807) is 0 Å². The van der Waals surface area contributed by atoms with Crippen LogP contribution in [0, 0.1) is 0 Å². The van der Waals surface area contributed by atoms with Crippen LogP contribution >= 0.6 is 7.88 Å². The van der Waals surface area contributed by atoms with Crippen molar-refractivity contribution in [1.82, 2.24) is 0 Å². The fourth-order valence-corrected chi connectivity index (χ4v) is 1.17. The Hall–Kier alpha value is -0.530. The van der Waals surface area contributed by atoms with Crippen molar-refractivity contribution in [3.8, 4) is 0 Å². The van der Waals surface area contributed by atoms with Crippen LogP contribution in [0.3, 0.4) is 0 Å². The standard InChI is InChI=1S/C4F10P/c5-1(6)2(7)15(13,14)4(11,12)3(8,9)10/q+1. The maximum Gasteiger partial charge on any atom is 0.533 e. The van der Waals surface area contributed by atoms with E-state index in [2.05, 4.69) is 0 Å². The fraction of sp³-hybridized carbons (Fsp3) is 0.500. The molecule has 0 aromatic carbocycles. The third-order valence-corrected chi connectivity index (χ3v) is 2.72. The summed E-state index contributed by atoms with van der Waals surface area (Å²) in [6.07, 6.45) is -10.7. The highest BCUT2D eigenvalue weighted by Crippen LogP contribution is 2.82. The van der Waals surface area contributed by atoms with Gasteiger partial charge in [-0.25, -0.2) is 0 Å². The summed E-state index contributed by atoms with van der Waals surface area (Å²) in [5.74, 6) is 0. The quantitative estimate of drug-likeness (QED) is 0.490. The molecule has 0 rings (SSSR count). The van der Waals surface area contributed by atoms with Crippen molar-refractivity contribution in [2.24, 2.45) is 0 Å². The number of rotatable bonds is 2. The van der Waals surface area contributed by atoms with Crippen molar-refractivity contribution in [2.75, 3.05) is 0 Å². The molecule has 0 fully saturated rings. The zero-order valence-corrected chi connectivity index (χ0v) is 7.12. The van der Waals surface area contributed by atoms with Gasteiger partial charge in [0.15, 0.2) is 0 Å². The summed E-state index contributed by atoms with van der Waals surface area (Å²) < 4.78 is 116. The minimum atomic E-state index is -7.91. The molecule has 0 spiro atoms. The van der Waals surface area contributed by atoms with E-state index in [9.17, 15) is 43.5 Å². The van der Waals surface area contributed by atoms with Gasteiger partial charge in [0.1, 0.15) is 0 Å². The monoisotopic (exact) mass is 269 g/mol. The molecule has 0 saturated carbocycles. The lowest BCUT2D eigenvalue weighted by Crippen LogP contribution is -2.36. The van der Waals surface area contributed by atoms with Gasteiger partial charge in [0.25, 0.3) is 0 Å². The van der Waals surface area contributed by atoms with Crippen molar-refractivity contribution in [3.05, 3.63) is 11.6 Å². The summed E-state index contributed by atoms with van der Waals surface area (Å²) in [6.45, 7) is 0. The van der Waals surface area contributed by atoms with Gasteiger partial charge in [0, 0.05) is 0 Å². The minimum Gasteiger partial charge on any atom is -0.166 e. The SMILES string of the molecule is FC(F)=C(F)[P+](F)(F)C(F)(F)C(F)(F)F. The summed E-state index contributed by atoms with van der Waals surface area (Å²) >= 11 is 0. The van der Waals surface area contributed by atoms with Crippen molar-refractivity contribution < 1.29 is 43.5 Å². The fourth-order valence-electron chi connectivity index (χ4n) is 0.389. The van der Waals surface area contributed by atoms with Gasteiger partial charge in [-0.15, -0.1) is 0 Å². The molecule has 0 amide bonds. The van der Waals surface area contributed by atoms with E-state index in [4.69, 9.17) is 0 Å². The van der Waals surface area contributed by atoms with Crippen LogP contribution in [0.5, 0.6) is 0 Å². The Morgan fingerprint density at radius 3 is 1.33 bits per heavy atom. The lowest BCUT2D eigenvalue weighted by Gasteiger charge is -2.16. The van der Waals surface area contributed by atoms with Crippen molar-refractivity contribution >= 4 is 7.88 Å². The molecular weight excluding hydrogens is 269 g/mol. The molecule has 0 aliphatic carbocycles. The lowest BCUT2D eigenvalue weighted by atomic mass is 10.7. The Labute approximate surface area is 76.1 Å². The molecule has 0 bridgehead atoms. The topological polar surface area (TPSA) is 0 Å². The van der Waals surface area contributed by atoms with Crippen LogP contribution in [0.4, 0.5) is 43.5 Å². The summed E-state index contributed by atoms with van der Waals surface area (Å²) in [7, 11) is -7.91. The highest BCUT2D eigenvalue weighted by atomic mass is 31.2. The van der Waals surface area contributed by atoms with E-state index in [1.165, 1.54) is 0 Å². The second-order valence-corrected chi connectivity index (χ2v) is 4.09. The van der Waals surface area contributed by atoms with Gasteiger partial charge in [-0.2, -0.15) is 35.1 Å². The molecule has 15 heavy (non-hydrogen) atoms. The maximum atomic E-state index is 12.1. The van der Waals surface area contributed by atoms with Gasteiger partial charge in [-0.3, -0.25) is 0 Å². The second-order valence-electron chi connectivity index (χ2n) is 2.10. The van der Waals surface area contributed by atoms with Gasteiger partial charge >= 0.3 is 31.4 Å². The molecule has 0 aromatic heterocycles. The lowest BCUT2D eigenvalue weighted by molar-refractivity contribution is -0.245. The molecule has 11 heteroatoms. The Balaban J connectivity index is 5.49. The predicted molar refractivity (Wildman–Crippen MR) is 30.5 cm³/mol. The van der Waals surface area contributed by atoms with Crippen LogP contribution in [0.25, 0.3) is 0 Å². The van der Waals surface area contributed by atoms with E-state index < -0.39 is 31.4 Å². The number of hydrogen-bond donors (Lipinski definition) is 0. The molecule has 0 atom stereocenters. The van der Waals surface area contributed by atoms with E-state index in [0.717, 1.165) is 0 Å². The van der Waals surface area contributed by atoms with E-state index in [-0.39, 0.29) is 0 Å². The van der Waals surface area contributed by atoms with E-state index >= 15 is 0 Å². The first-order chi connectivity index (χ1) is 6.35. The minimum absolute atomic E-state index is 3.89. The summed E-state index contributed by atoms with van der Waals surface area (Å²) in [5, 5.41) is 0. The summed E-state index contributed by atoms with van der Waals surface area (Å²) in [4.78, 5) is 0. The molecule has 0 N–H and O–H groups in total. The van der Waals surface area contributed by atoms with Crippen molar-refractivity contribution in [1.29, 1.82) is 0 Å². The summed E-state index contributed by atoms with van der Waals surface area (Å²) in [5.41, 5.74) is -10.8. The second kappa shape index (κ2) is 3.80. The third-order valence-electron chi connectivity index (χ3n) is 1.10. The Bertz CT molecular complexity index is 270. The molecular formula is C4F10P+. The average Bonchev–Trinajstić information content (AvgIpc) is 2.00. The first-order valence-electron chi connectivity index (χ1n) is 2.80. The summed E-state index contributed by atoms with van der Waals surface area (Å²) in [6, 6.07) is 0. The van der Waals surface area contributed by atoms with Crippen LogP contribution in [-0.2, 0) is 0 Å². The largest absolute Gasteiger partial charge is 0.533 e. The normalized spacial score (nSPS) is 14.0. The molecule has 90 valence electrons. The number of halogens is 10. The van der Waals surface area contributed by atoms with E-state index in [1.807, 2.05) is 0 Å². The Morgan fingerprint density at radius 1 is 0.800 bits per heavy atom. The van der Waals surface area contributed by atoms with Crippen LogP contribution in [-0.4, -0.2) is 11.8 Å². The number of hydrogen-bond acceptors (Lipinski definition) is 0. The Kier molecular flexibility index (Phi) is 3.67. The Morgan fingerprint density at radius 2 is 1.13 bits per heavy atom. The first kappa shape index (κ1) is 14.5. The van der Waals surface area contributed by atoms with Crippen molar-refractivity contribution in [3.63, 3.8) is 0 Å². The van der Waals surface area contributed by atoms with Crippen LogP contribution in [0.1, 0.15) is 0 Å².